The molecule has 0 aliphatic carbocycles. The normalized spacial score (nSPS) is 17.9. The zero-order valence-electron chi connectivity index (χ0n) is 18.6. The molecule has 4 rings (SSSR count). The predicted molar refractivity (Wildman–Crippen MR) is 120 cm³/mol. The van der Waals surface area contributed by atoms with E-state index in [2.05, 4.69) is 20.8 Å². The third-order valence-corrected chi connectivity index (χ3v) is 5.86. The lowest BCUT2D eigenvalue weighted by atomic mass is 9.91. The van der Waals surface area contributed by atoms with Crippen LogP contribution in [0.2, 0.25) is 0 Å². The Hall–Kier alpha value is -3.66. The van der Waals surface area contributed by atoms with Crippen LogP contribution in [-0.4, -0.2) is 59.6 Å². The van der Waals surface area contributed by atoms with Crippen molar-refractivity contribution in [3.63, 3.8) is 0 Å². The van der Waals surface area contributed by atoms with Gasteiger partial charge >= 0.3 is 0 Å². The van der Waals surface area contributed by atoms with Gasteiger partial charge in [0.1, 0.15) is 11.6 Å². The van der Waals surface area contributed by atoms with Gasteiger partial charge in [-0.25, -0.2) is 8.78 Å². The summed E-state index contributed by atoms with van der Waals surface area (Å²) >= 11 is 0. The van der Waals surface area contributed by atoms with Crippen molar-refractivity contribution in [2.45, 2.75) is 18.9 Å². The lowest BCUT2D eigenvalue weighted by Gasteiger charge is -2.34. The summed E-state index contributed by atoms with van der Waals surface area (Å²) < 4.78 is 32.3. The fourth-order valence-electron chi connectivity index (χ4n) is 3.95. The molecule has 2 amide bonds. The van der Waals surface area contributed by atoms with E-state index >= 15 is 0 Å². The molecule has 2 N–H and O–H groups in total. The lowest BCUT2D eigenvalue weighted by Crippen LogP contribution is -2.55. The number of carbonyl (C=O) groups is 2. The number of hydrogen-bond acceptors (Lipinski definition) is 6. The van der Waals surface area contributed by atoms with Crippen molar-refractivity contribution < 1.29 is 22.9 Å². The van der Waals surface area contributed by atoms with Crippen molar-refractivity contribution >= 4 is 11.8 Å². The number of piperidine rings is 1. The van der Waals surface area contributed by atoms with Gasteiger partial charge in [-0.05, 0) is 37.2 Å². The Labute approximate surface area is 195 Å². The quantitative estimate of drug-likeness (QED) is 0.551. The maximum Gasteiger partial charge on any atom is 0.273 e. The Bertz CT molecular complexity index is 1150. The van der Waals surface area contributed by atoms with Crippen molar-refractivity contribution in [2.75, 3.05) is 26.7 Å². The standard InChI is InChI=1S/C24H25F2N5O3/c1-31(11-8-16-4-2-3-9-28-16)24(33)18-14-27-10-7-20(18)29-23(32)21-13-22(34-30-21)17-6-5-15(25)12-19(17)26/h2-6,9,12-13,18,20,27H,7-8,10-11,14H2,1H3,(H,29,32)/t18-,20-/m1/s1. The maximum atomic E-state index is 14.0. The molecule has 2 aromatic heterocycles. The van der Waals surface area contributed by atoms with Gasteiger partial charge < -0.3 is 20.1 Å². The zero-order chi connectivity index (χ0) is 24.1. The summed E-state index contributed by atoms with van der Waals surface area (Å²) in [6, 6.07) is 9.59. The molecule has 8 nitrogen and oxygen atoms in total. The second-order valence-corrected chi connectivity index (χ2v) is 8.21. The van der Waals surface area contributed by atoms with E-state index < -0.39 is 29.5 Å². The minimum atomic E-state index is -0.819. The van der Waals surface area contributed by atoms with Gasteiger partial charge in [-0.2, -0.15) is 0 Å². The van der Waals surface area contributed by atoms with E-state index in [1.165, 1.54) is 12.1 Å². The Morgan fingerprint density at radius 1 is 1.24 bits per heavy atom. The first-order valence-electron chi connectivity index (χ1n) is 11.0. The van der Waals surface area contributed by atoms with Crippen molar-refractivity contribution in [3.05, 3.63) is 71.7 Å². The average molecular weight is 469 g/mol. The predicted octanol–water partition coefficient (Wildman–Crippen LogP) is 2.42. The van der Waals surface area contributed by atoms with Crippen LogP contribution in [0, 0.1) is 17.6 Å². The first-order valence-corrected chi connectivity index (χ1v) is 11.0. The number of nitrogens with zero attached hydrogens (tertiary/aromatic N) is 3. The Morgan fingerprint density at radius 3 is 2.85 bits per heavy atom. The Kier molecular flexibility index (Phi) is 7.27. The first-order chi connectivity index (χ1) is 16.4. The molecule has 0 spiro atoms. The summed E-state index contributed by atoms with van der Waals surface area (Å²) in [7, 11) is 1.74. The zero-order valence-corrected chi connectivity index (χ0v) is 18.6. The van der Waals surface area contributed by atoms with E-state index in [1.54, 1.807) is 18.1 Å². The third-order valence-electron chi connectivity index (χ3n) is 5.86. The summed E-state index contributed by atoms with van der Waals surface area (Å²) in [6.45, 7) is 1.59. The van der Waals surface area contributed by atoms with Gasteiger partial charge in [0, 0.05) is 56.6 Å². The molecule has 0 saturated carbocycles. The summed E-state index contributed by atoms with van der Waals surface area (Å²) in [5, 5.41) is 9.80. The summed E-state index contributed by atoms with van der Waals surface area (Å²) in [5.74, 6) is -2.59. The topological polar surface area (TPSA) is 100 Å². The highest BCUT2D eigenvalue weighted by Crippen LogP contribution is 2.24. The molecule has 10 heteroatoms. The number of rotatable bonds is 7. The summed E-state index contributed by atoms with van der Waals surface area (Å²) in [6.07, 6.45) is 2.91. The van der Waals surface area contributed by atoms with Crippen LogP contribution < -0.4 is 10.6 Å². The van der Waals surface area contributed by atoms with Gasteiger partial charge in [0.25, 0.3) is 5.91 Å². The molecular weight excluding hydrogens is 444 g/mol. The highest BCUT2D eigenvalue weighted by molar-refractivity contribution is 5.94. The first kappa shape index (κ1) is 23.5. The third kappa shape index (κ3) is 5.45. The molecule has 1 aromatic carbocycles. The highest BCUT2D eigenvalue weighted by atomic mass is 19.1. The van der Waals surface area contributed by atoms with Gasteiger partial charge in [0.2, 0.25) is 5.91 Å². The number of hydrogen-bond donors (Lipinski definition) is 2. The van der Waals surface area contributed by atoms with E-state index in [9.17, 15) is 18.4 Å². The molecule has 1 aliphatic rings. The van der Waals surface area contributed by atoms with Crippen LogP contribution in [0.1, 0.15) is 22.6 Å². The van der Waals surface area contributed by atoms with Gasteiger partial charge in [0.15, 0.2) is 11.5 Å². The molecule has 0 radical (unpaired) electrons. The van der Waals surface area contributed by atoms with Crippen molar-refractivity contribution in [2.24, 2.45) is 5.92 Å². The molecule has 1 saturated heterocycles. The highest BCUT2D eigenvalue weighted by Gasteiger charge is 2.34. The summed E-state index contributed by atoms with van der Waals surface area (Å²) in [5.41, 5.74) is 0.845. The SMILES string of the molecule is CN(CCc1ccccn1)C(=O)[C@@H]1CNCC[C@H]1NC(=O)c1cc(-c2ccc(F)cc2F)on1. The van der Waals surface area contributed by atoms with E-state index in [-0.39, 0.29) is 22.9 Å². The van der Waals surface area contributed by atoms with E-state index in [0.29, 0.717) is 32.5 Å². The van der Waals surface area contributed by atoms with Gasteiger partial charge in [-0.3, -0.25) is 14.6 Å². The summed E-state index contributed by atoms with van der Waals surface area (Å²) in [4.78, 5) is 31.8. The van der Waals surface area contributed by atoms with Gasteiger partial charge in [-0.1, -0.05) is 11.2 Å². The minimum absolute atomic E-state index is 0.00241. The van der Waals surface area contributed by atoms with Crippen LogP contribution in [0.3, 0.4) is 0 Å². The van der Waals surface area contributed by atoms with Gasteiger partial charge in [0.05, 0.1) is 11.5 Å². The molecule has 0 bridgehead atoms. The van der Waals surface area contributed by atoms with Crippen LogP contribution in [0.15, 0.2) is 53.2 Å². The van der Waals surface area contributed by atoms with Crippen LogP contribution in [-0.2, 0) is 11.2 Å². The second-order valence-electron chi connectivity index (χ2n) is 8.21. The fraction of sp³-hybridized carbons (Fsp3) is 0.333. The second kappa shape index (κ2) is 10.5. The number of aromatic nitrogens is 2. The largest absolute Gasteiger partial charge is 0.355 e. The molecule has 3 aromatic rings. The Balaban J connectivity index is 1.40. The average Bonchev–Trinajstić information content (AvgIpc) is 3.33. The number of benzene rings is 1. The van der Waals surface area contributed by atoms with Crippen LogP contribution in [0.25, 0.3) is 11.3 Å². The molecule has 2 atom stereocenters. The van der Waals surface area contributed by atoms with E-state index in [4.69, 9.17) is 4.52 Å². The number of nitrogens with one attached hydrogen (secondary N) is 2. The van der Waals surface area contributed by atoms with Gasteiger partial charge in [-0.15, -0.1) is 0 Å². The minimum Gasteiger partial charge on any atom is -0.355 e. The van der Waals surface area contributed by atoms with Crippen molar-refractivity contribution in [1.29, 1.82) is 0 Å². The smallest absolute Gasteiger partial charge is 0.273 e. The number of pyridine rings is 1. The molecule has 178 valence electrons. The molecule has 34 heavy (non-hydrogen) atoms. The monoisotopic (exact) mass is 469 g/mol. The van der Waals surface area contributed by atoms with E-state index in [0.717, 1.165) is 17.8 Å². The van der Waals surface area contributed by atoms with Crippen molar-refractivity contribution in [1.82, 2.24) is 25.7 Å². The van der Waals surface area contributed by atoms with Crippen LogP contribution in [0.5, 0.6) is 0 Å². The van der Waals surface area contributed by atoms with Crippen molar-refractivity contribution in [3.8, 4) is 11.3 Å². The molecule has 0 unspecified atom stereocenters. The number of carbonyl (C=O) groups excluding carboxylic acids is 2. The lowest BCUT2D eigenvalue weighted by molar-refractivity contribution is -0.135. The van der Waals surface area contributed by atoms with E-state index in [1.807, 2.05) is 18.2 Å². The molecular formula is C24H25F2N5O3. The fourth-order valence-corrected chi connectivity index (χ4v) is 3.95. The van der Waals surface area contributed by atoms with Crippen LogP contribution >= 0.6 is 0 Å². The molecule has 1 fully saturated rings. The maximum absolute atomic E-state index is 14.0. The van der Waals surface area contributed by atoms with Crippen LogP contribution in [0.4, 0.5) is 8.78 Å². The number of halogens is 2. The molecule has 1 aliphatic heterocycles. The number of amides is 2. The molecule has 3 heterocycles. The number of likely N-dealkylation sites (N-methyl/N-ethyl adjacent to an activating group) is 1. The Morgan fingerprint density at radius 2 is 2.09 bits per heavy atom.